The molecule has 0 aliphatic rings. The highest BCUT2D eigenvalue weighted by Gasteiger charge is 2.16. The molecule has 1 aromatic carbocycles. The summed E-state index contributed by atoms with van der Waals surface area (Å²) < 4.78 is 6.60. The van der Waals surface area contributed by atoms with Crippen LogP contribution in [-0.2, 0) is 0 Å². The second-order valence-corrected chi connectivity index (χ2v) is 7.08. The van der Waals surface area contributed by atoms with Gasteiger partial charge in [-0.2, -0.15) is 0 Å². The van der Waals surface area contributed by atoms with E-state index >= 15 is 0 Å². The monoisotopic (exact) mass is 342 g/mol. The van der Waals surface area contributed by atoms with Crippen LogP contribution in [0.25, 0.3) is 0 Å². The topological polar surface area (TPSA) is 26.3 Å². The lowest BCUT2D eigenvalue weighted by molar-refractivity contribution is 0.0921. The molecule has 0 fully saturated rings. The van der Waals surface area contributed by atoms with Gasteiger partial charge < -0.3 is 4.74 Å². The number of Topliss-reactive ketones (excluding diaryl/α,β-unsaturated/α-hetero) is 1. The van der Waals surface area contributed by atoms with Crippen molar-refractivity contribution in [1.29, 1.82) is 0 Å². The third-order valence-corrected chi connectivity index (χ3v) is 4.87. The Morgan fingerprint density at radius 1 is 1.33 bits per heavy atom. The van der Waals surface area contributed by atoms with Gasteiger partial charge in [-0.25, -0.2) is 0 Å². The average Bonchev–Trinajstić information content (AvgIpc) is 2.83. The minimum Gasteiger partial charge on any atom is -0.485 e. The van der Waals surface area contributed by atoms with Gasteiger partial charge in [-0.1, -0.05) is 55.2 Å². The van der Waals surface area contributed by atoms with Crippen LogP contribution in [0, 0.1) is 0 Å². The van der Waals surface area contributed by atoms with E-state index in [-0.39, 0.29) is 12.4 Å². The Bertz CT molecular complexity index is 637. The number of ether oxygens (including phenoxy) is 1. The molecule has 1 heterocycles. The van der Waals surface area contributed by atoms with Crippen molar-refractivity contribution in [2.24, 2.45) is 0 Å². The smallest absolute Gasteiger partial charge is 0.202 e. The van der Waals surface area contributed by atoms with E-state index in [0.29, 0.717) is 20.2 Å². The standard InChI is InChI=1S/C16H16Cl2O2S/c1-3-10(2)11-6-4-5-7-14(11)20-9-13(19)12-8-15(17)21-16(12)18/h4-8,10H,3,9H2,1-2H3. The van der Waals surface area contributed by atoms with Gasteiger partial charge in [-0.15, -0.1) is 11.3 Å². The maximum absolute atomic E-state index is 12.1. The maximum Gasteiger partial charge on any atom is 0.202 e. The highest BCUT2D eigenvalue weighted by Crippen LogP contribution is 2.32. The number of hydrogen-bond acceptors (Lipinski definition) is 3. The van der Waals surface area contributed by atoms with E-state index in [4.69, 9.17) is 27.9 Å². The van der Waals surface area contributed by atoms with E-state index in [9.17, 15) is 4.79 Å². The van der Waals surface area contributed by atoms with Crippen LogP contribution < -0.4 is 4.74 Å². The van der Waals surface area contributed by atoms with Crippen LogP contribution in [-0.4, -0.2) is 12.4 Å². The number of rotatable bonds is 6. The Kier molecular flexibility index (Phi) is 5.68. The molecule has 2 rings (SSSR count). The fourth-order valence-electron chi connectivity index (χ4n) is 1.99. The Balaban J connectivity index is 2.10. The second-order valence-electron chi connectivity index (χ2n) is 4.80. The van der Waals surface area contributed by atoms with E-state index in [1.54, 1.807) is 6.07 Å². The molecule has 21 heavy (non-hydrogen) atoms. The van der Waals surface area contributed by atoms with Crippen LogP contribution in [0.1, 0.15) is 42.1 Å². The summed E-state index contributed by atoms with van der Waals surface area (Å²) in [6, 6.07) is 9.38. The van der Waals surface area contributed by atoms with Gasteiger partial charge in [0.05, 0.1) is 9.90 Å². The molecule has 112 valence electrons. The molecule has 0 saturated carbocycles. The zero-order chi connectivity index (χ0) is 15.4. The summed E-state index contributed by atoms with van der Waals surface area (Å²) in [6.45, 7) is 4.22. The van der Waals surface area contributed by atoms with Crippen molar-refractivity contribution in [1.82, 2.24) is 0 Å². The van der Waals surface area contributed by atoms with Crippen molar-refractivity contribution in [3.63, 3.8) is 0 Å². The zero-order valence-corrected chi connectivity index (χ0v) is 14.2. The lowest BCUT2D eigenvalue weighted by Crippen LogP contribution is -2.12. The predicted molar refractivity (Wildman–Crippen MR) is 89.3 cm³/mol. The first-order chi connectivity index (χ1) is 10.0. The summed E-state index contributed by atoms with van der Waals surface area (Å²) in [7, 11) is 0. The summed E-state index contributed by atoms with van der Waals surface area (Å²) in [5, 5.41) is 0. The van der Waals surface area contributed by atoms with Gasteiger partial charge in [0, 0.05) is 0 Å². The van der Waals surface area contributed by atoms with Crippen LogP contribution in [0.5, 0.6) is 5.75 Å². The normalized spacial score (nSPS) is 12.2. The molecule has 1 atom stereocenters. The van der Waals surface area contributed by atoms with Crippen LogP contribution in [0.4, 0.5) is 0 Å². The molecule has 0 aliphatic heterocycles. The number of carbonyl (C=O) groups is 1. The number of para-hydroxylation sites is 1. The SMILES string of the molecule is CCC(C)c1ccccc1OCC(=O)c1cc(Cl)sc1Cl. The first kappa shape index (κ1) is 16.3. The number of thiophene rings is 1. The lowest BCUT2D eigenvalue weighted by atomic mass is 9.98. The van der Waals surface area contributed by atoms with E-state index in [1.807, 2.05) is 24.3 Å². The minimum atomic E-state index is -0.165. The quantitative estimate of drug-likeness (QED) is 0.617. The summed E-state index contributed by atoms with van der Waals surface area (Å²) in [6.07, 6.45) is 1.01. The van der Waals surface area contributed by atoms with Gasteiger partial charge >= 0.3 is 0 Å². The molecule has 5 heteroatoms. The summed E-state index contributed by atoms with van der Waals surface area (Å²) in [4.78, 5) is 12.1. The fraction of sp³-hybridized carbons (Fsp3) is 0.312. The number of halogens is 2. The Labute approximate surface area is 138 Å². The van der Waals surface area contributed by atoms with Crippen molar-refractivity contribution in [3.8, 4) is 5.75 Å². The van der Waals surface area contributed by atoms with E-state index in [1.165, 1.54) is 11.3 Å². The van der Waals surface area contributed by atoms with E-state index < -0.39 is 0 Å². The van der Waals surface area contributed by atoms with Crippen molar-refractivity contribution in [3.05, 3.63) is 50.1 Å². The molecule has 1 aromatic heterocycles. The molecule has 1 unspecified atom stereocenters. The first-order valence-electron chi connectivity index (χ1n) is 6.72. The highest BCUT2D eigenvalue weighted by molar-refractivity contribution is 7.20. The number of hydrogen-bond donors (Lipinski definition) is 0. The molecular formula is C16H16Cl2O2S. The van der Waals surface area contributed by atoms with E-state index in [2.05, 4.69) is 13.8 Å². The Hall–Kier alpha value is -1.03. The van der Waals surface area contributed by atoms with Gasteiger partial charge in [-0.3, -0.25) is 4.79 Å². The van der Waals surface area contributed by atoms with Crippen LogP contribution in [0.2, 0.25) is 8.67 Å². The fourth-order valence-corrected chi connectivity index (χ4v) is 3.49. The van der Waals surface area contributed by atoms with Gasteiger partial charge in [0.25, 0.3) is 0 Å². The summed E-state index contributed by atoms with van der Waals surface area (Å²) >= 11 is 13.0. The largest absolute Gasteiger partial charge is 0.485 e. The second kappa shape index (κ2) is 7.30. The highest BCUT2D eigenvalue weighted by atomic mass is 35.5. The van der Waals surface area contributed by atoms with Gasteiger partial charge in [-0.05, 0) is 30.0 Å². The van der Waals surface area contributed by atoms with Crippen LogP contribution >= 0.6 is 34.5 Å². The molecule has 0 radical (unpaired) electrons. The van der Waals surface area contributed by atoms with Gasteiger partial charge in [0.15, 0.2) is 6.61 Å². The minimum absolute atomic E-state index is 0.0414. The zero-order valence-electron chi connectivity index (χ0n) is 11.9. The van der Waals surface area contributed by atoms with Crippen molar-refractivity contribution < 1.29 is 9.53 Å². The average molecular weight is 343 g/mol. The molecule has 0 aliphatic carbocycles. The molecular weight excluding hydrogens is 327 g/mol. The molecule has 0 amide bonds. The predicted octanol–water partition coefficient (Wildman–Crippen LogP) is 5.83. The summed E-state index contributed by atoms with van der Waals surface area (Å²) in [5.74, 6) is 0.968. The Morgan fingerprint density at radius 3 is 2.67 bits per heavy atom. The number of ketones is 1. The lowest BCUT2D eigenvalue weighted by Gasteiger charge is -2.15. The summed E-state index contributed by atoms with van der Waals surface area (Å²) in [5.41, 5.74) is 1.54. The van der Waals surface area contributed by atoms with Gasteiger partial charge in [0.1, 0.15) is 10.1 Å². The first-order valence-corrected chi connectivity index (χ1v) is 8.30. The molecule has 0 spiro atoms. The molecule has 2 aromatic rings. The van der Waals surface area contributed by atoms with Crippen molar-refractivity contribution in [2.45, 2.75) is 26.2 Å². The van der Waals surface area contributed by atoms with Crippen LogP contribution in [0.15, 0.2) is 30.3 Å². The van der Waals surface area contributed by atoms with Crippen molar-refractivity contribution in [2.75, 3.05) is 6.61 Å². The van der Waals surface area contributed by atoms with E-state index in [0.717, 1.165) is 17.7 Å². The number of benzene rings is 1. The third kappa shape index (κ3) is 4.00. The molecule has 2 nitrogen and oxygen atoms in total. The molecule has 0 N–H and O–H groups in total. The molecule has 0 saturated heterocycles. The Morgan fingerprint density at radius 2 is 2.05 bits per heavy atom. The van der Waals surface area contributed by atoms with Gasteiger partial charge in [0.2, 0.25) is 5.78 Å². The third-order valence-electron chi connectivity index (χ3n) is 3.38. The van der Waals surface area contributed by atoms with Crippen LogP contribution in [0.3, 0.4) is 0 Å². The number of carbonyl (C=O) groups excluding carboxylic acids is 1. The maximum atomic E-state index is 12.1. The van der Waals surface area contributed by atoms with Crippen molar-refractivity contribution >= 4 is 40.3 Å². The molecule has 0 bridgehead atoms.